The van der Waals surface area contributed by atoms with Crippen molar-refractivity contribution in [3.63, 3.8) is 0 Å². The average molecular weight is 368 g/mol. The van der Waals surface area contributed by atoms with Crippen LogP contribution in [0.5, 0.6) is 0 Å². The largest absolute Gasteiger partial charge is 0.329 e. The summed E-state index contributed by atoms with van der Waals surface area (Å²) in [5.74, 6) is -1.52. The van der Waals surface area contributed by atoms with Crippen molar-refractivity contribution in [2.24, 2.45) is 0 Å². The monoisotopic (exact) mass is 367 g/mol. The molecule has 0 atom stereocenters. The van der Waals surface area contributed by atoms with Gasteiger partial charge >= 0.3 is 0 Å². The minimum atomic E-state index is -0.537. The molecule has 24 heavy (non-hydrogen) atoms. The van der Waals surface area contributed by atoms with Crippen molar-refractivity contribution in [2.45, 2.75) is 0 Å². The Balaban J connectivity index is 1.84. The number of carbonyl (C=O) groups is 1. The van der Waals surface area contributed by atoms with Gasteiger partial charge in [0.15, 0.2) is 5.11 Å². The number of para-hydroxylation sites is 1. The van der Waals surface area contributed by atoms with E-state index in [1.54, 1.807) is 12.1 Å². The van der Waals surface area contributed by atoms with Crippen molar-refractivity contribution >= 4 is 46.6 Å². The van der Waals surface area contributed by atoms with Gasteiger partial charge in [-0.05, 0) is 48.1 Å². The van der Waals surface area contributed by atoms with Crippen molar-refractivity contribution < 1.29 is 13.6 Å². The fourth-order valence-electron chi connectivity index (χ4n) is 1.66. The fraction of sp³-hybridized carbons (Fsp3) is 0. The van der Waals surface area contributed by atoms with Crippen LogP contribution in [-0.2, 0) is 4.79 Å². The molecule has 124 valence electrons. The minimum absolute atomic E-state index is 0.0201. The van der Waals surface area contributed by atoms with Gasteiger partial charge in [-0.3, -0.25) is 15.6 Å². The second-order valence-electron chi connectivity index (χ2n) is 4.56. The van der Waals surface area contributed by atoms with E-state index in [0.29, 0.717) is 5.56 Å². The molecule has 0 spiro atoms. The lowest BCUT2D eigenvalue weighted by Gasteiger charge is -2.10. The maximum atomic E-state index is 13.4. The topological polar surface area (TPSA) is 53.2 Å². The molecule has 4 nitrogen and oxygen atoms in total. The third kappa shape index (κ3) is 5.29. The Morgan fingerprint density at radius 1 is 1.08 bits per heavy atom. The number of amides is 1. The highest BCUT2D eigenvalue weighted by molar-refractivity contribution is 7.80. The molecule has 0 saturated heterocycles. The van der Waals surface area contributed by atoms with Crippen molar-refractivity contribution in [1.29, 1.82) is 0 Å². The Hall–Kier alpha value is -2.51. The Morgan fingerprint density at radius 3 is 2.54 bits per heavy atom. The van der Waals surface area contributed by atoms with Crippen molar-refractivity contribution in [3.8, 4) is 0 Å². The van der Waals surface area contributed by atoms with Gasteiger partial charge in [-0.1, -0.05) is 29.8 Å². The Labute approximate surface area is 147 Å². The summed E-state index contributed by atoms with van der Waals surface area (Å²) in [5.41, 5.74) is 5.48. The molecule has 0 aliphatic heterocycles. The van der Waals surface area contributed by atoms with E-state index in [4.69, 9.17) is 23.8 Å². The van der Waals surface area contributed by atoms with Crippen LogP contribution in [0.4, 0.5) is 14.5 Å². The second kappa shape index (κ2) is 8.37. The number of hydrogen-bond acceptors (Lipinski definition) is 2. The van der Waals surface area contributed by atoms with Crippen molar-refractivity contribution in [2.75, 3.05) is 5.32 Å². The summed E-state index contributed by atoms with van der Waals surface area (Å²) in [6.07, 6.45) is 2.66. The van der Waals surface area contributed by atoms with Crippen LogP contribution in [0, 0.1) is 11.6 Å². The quantitative estimate of drug-likeness (QED) is 0.440. The SMILES string of the molecule is O=C(/C=C/c1ccc(F)c(Cl)c1)NNC(=S)Nc1ccccc1F. The second-order valence-corrected chi connectivity index (χ2v) is 5.37. The van der Waals surface area contributed by atoms with E-state index in [0.717, 1.165) is 0 Å². The third-order valence-electron chi connectivity index (χ3n) is 2.79. The van der Waals surface area contributed by atoms with E-state index in [-0.39, 0.29) is 15.8 Å². The summed E-state index contributed by atoms with van der Waals surface area (Å²) in [5, 5.41) is 2.58. The lowest BCUT2D eigenvalue weighted by Crippen LogP contribution is -2.43. The number of nitrogens with one attached hydrogen (secondary N) is 3. The molecule has 2 aromatic rings. The first-order valence-corrected chi connectivity index (χ1v) is 7.49. The number of hydrogen-bond donors (Lipinski definition) is 3. The first-order chi connectivity index (χ1) is 11.5. The summed E-state index contributed by atoms with van der Waals surface area (Å²) < 4.78 is 26.5. The fourth-order valence-corrected chi connectivity index (χ4v) is 2.01. The molecule has 3 N–H and O–H groups in total. The molecule has 0 unspecified atom stereocenters. The van der Waals surface area contributed by atoms with Crippen LogP contribution in [-0.4, -0.2) is 11.0 Å². The maximum Gasteiger partial charge on any atom is 0.262 e. The minimum Gasteiger partial charge on any atom is -0.329 e. The van der Waals surface area contributed by atoms with Crippen LogP contribution in [0.15, 0.2) is 48.5 Å². The highest BCUT2D eigenvalue weighted by atomic mass is 35.5. The van der Waals surface area contributed by atoms with E-state index >= 15 is 0 Å². The lowest BCUT2D eigenvalue weighted by molar-refractivity contribution is -0.116. The summed E-state index contributed by atoms with van der Waals surface area (Å²) in [6.45, 7) is 0. The van der Waals surface area contributed by atoms with E-state index in [1.165, 1.54) is 42.5 Å². The predicted octanol–water partition coefficient (Wildman–Crippen LogP) is 3.65. The summed E-state index contributed by atoms with van der Waals surface area (Å²) in [7, 11) is 0. The van der Waals surface area contributed by atoms with Crippen LogP contribution in [0.2, 0.25) is 5.02 Å². The van der Waals surface area contributed by atoms with Crippen molar-refractivity contribution in [3.05, 3.63) is 70.8 Å². The molecule has 0 aliphatic carbocycles. The van der Waals surface area contributed by atoms with E-state index in [1.807, 2.05) is 0 Å². The average Bonchev–Trinajstić information content (AvgIpc) is 2.56. The lowest BCUT2D eigenvalue weighted by atomic mass is 10.2. The number of carbonyl (C=O) groups excluding carboxylic acids is 1. The van der Waals surface area contributed by atoms with Gasteiger partial charge in [-0.25, -0.2) is 8.78 Å². The van der Waals surface area contributed by atoms with Gasteiger partial charge in [0.2, 0.25) is 0 Å². The van der Waals surface area contributed by atoms with E-state index in [2.05, 4.69) is 16.2 Å². The molecule has 1 amide bonds. The van der Waals surface area contributed by atoms with Crippen molar-refractivity contribution in [1.82, 2.24) is 10.9 Å². The van der Waals surface area contributed by atoms with Crippen LogP contribution in [0.25, 0.3) is 6.08 Å². The number of hydrazine groups is 1. The number of halogens is 3. The number of anilines is 1. The Bertz CT molecular complexity index is 799. The van der Waals surface area contributed by atoms with Gasteiger partial charge in [-0.2, -0.15) is 0 Å². The van der Waals surface area contributed by atoms with Gasteiger partial charge in [-0.15, -0.1) is 0 Å². The summed E-state index contributed by atoms with van der Waals surface area (Å²) in [6, 6.07) is 10.0. The molecular weight excluding hydrogens is 356 g/mol. The highest BCUT2D eigenvalue weighted by Gasteiger charge is 2.03. The number of rotatable bonds is 3. The zero-order valence-electron chi connectivity index (χ0n) is 12.1. The molecule has 2 aromatic carbocycles. The molecular formula is C16H12ClF2N3OS. The smallest absolute Gasteiger partial charge is 0.262 e. The normalized spacial score (nSPS) is 10.5. The standard InChI is InChI=1S/C16H12ClF2N3OS/c17-11-9-10(5-7-12(11)18)6-8-15(23)21-22-16(24)20-14-4-2-1-3-13(14)19/h1-9H,(H,21,23)(H2,20,22,24)/b8-6+. The molecule has 0 saturated carbocycles. The first-order valence-electron chi connectivity index (χ1n) is 6.70. The predicted molar refractivity (Wildman–Crippen MR) is 94.3 cm³/mol. The van der Waals surface area contributed by atoms with Crippen LogP contribution in [0.1, 0.15) is 5.56 Å². The highest BCUT2D eigenvalue weighted by Crippen LogP contribution is 2.16. The first kappa shape index (κ1) is 17.8. The zero-order valence-corrected chi connectivity index (χ0v) is 13.7. The van der Waals surface area contributed by atoms with Crippen LogP contribution < -0.4 is 16.2 Å². The molecule has 0 aromatic heterocycles. The number of thiocarbonyl (C=S) groups is 1. The summed E-state index contributed by atoms with van der Waals surface area (Å²) >= 11 is 10.6. The molecule has 0 heterocycles. The summed E-state index contributed by atoms with van der Waals surface area (Å²) in [4.78, 5) is 11.7. The van der Waals surface area contributed by atoms with E-state index in [9.17, 15) is 13.6 Å². The molecule has 0 fully saturated rings. The van der Waals surface area contributed by atoms with Gasteiger partial charge in [0.25, 0.3) is 5.91 Å². The molecule has 0 radical (unpaired) electrons. The van der Waals surface area contributed by atoms with Gasteiger partial charge in [0, 0.05) is 6.08 Å². The van der Waals surface area contributed by atoms with Gasteiger partial charge in [0.05, 0.1) is 10.7 Å². The Morgan fingerprint density at radius 2 is 1.83 bits per heavy atom. The molecule has 0 aliphatic rings. The Kier molecular flexibility index (Phi) is 6.22. The molecule has 0 bridgehead atoms. The third-order valence-corrected chi connectivity index (χ3v) is 3.29. The number of benzene rings is 2. The van der Waals surface area contributed by atoms with Crippen LogP contribution >= 0.6 is 23.8 Å². The van der Waals surface area contributed by atoms with Gasteiger partial charge in [0.1, 0.15) is 11.6 Å². The van der Waals surface area contributed by atoms with Crippen LogP contribution in [0.3, 0.4) is 0 Å². The molecule has 8 heteroatoms. The molecule has 2 rings (SSSR count). The zero-order chi connectivity index (χ0) is 17.5. The van der Waals surface area contributed by atoms with Gasteiger partial charge < -0.3 is 5.32 Å². The van der Waals surface area contributed by atoms with E-state index < -0.39 is 17.5 Å². The maximum absolute atomic E-state index is 13.4.